The first-order valence-corrected chi connectivity index (χ1v) is 7.24. The van der Waals surface area contributed by atoms with Gasteiger partial charge < -0.3 is 0 Å². The third-order valence-electron chi connectivity index (χ3n) is 5.19. The van der Waals surface area contributed by atoms with Crippen LogP contribution in [0, 0.1) is 17.8 Å². The topological polar surface area (TPSA) is 0 Å². The van der Waals surface area contributed by atoms with Crippen LogP contribution in [0.4, 0.5) is 0 Å². The van der Waals surface area contributed by atoms with Crippen molar-refractivity contribution in [3.05, 3.63) is 23.8 Å². The molecule has 2 fully saturated rings. The lowest BCUT2D eigenvalue weighted by atomic mass is 9.71. The third kappa shape index (κ3) is 1.77. The van der Waals surface area contributed by atoms with Crippen LogP contribution in [0.2, 0.25) is 0 Å². The van der Waals surface area contributed by atoms with E-state index in [0.29, 0.717) is 0 Å². The summed E-state index contributed by atoms with van der Waals surface area (Å²) in [6, 6.07) is 0. The molecule has 16 heavy (non-hydrogen) atoms. The molecular weight excluding hydrogens is 192 g/mol. The second kappa shape index (κ2) is 4.39. The largest absolute Gasteiger partial charge is 0.0953 e. The van der Waals surface area contributed by atoms with Gasteiger partial charge in [0.05, 0.1) is 0 Å². The fraction of sp³-hybridized carbons (Fsp3) is 0.750. The van der Waals surface area contributed by atoms with Crippen molar-refractivity contribution in [2.45, 2.75) is 57.8 Å². The maximum atomic E-state index is 4.45. The Morgan fingerprint density at radius 3 is 2.62 bits per heavy atom. The number of fused-ring (bicyclic) bond motifs is 1. The lowest BCUT2D eigenvalue weighted by molar-refractivity contribution is 0.305. The molecule has 3 aliphatic carbocycles. The summed E-state index contributed by atoms with van der Waals surface area (Å²) in [5.74, 6) is 2.85. The van der Waals surface area contributed by atoms with Crippen LogP contribution in [0.25, 0.3) is 0 Å². The Balaban J connectivity index is 1.89. The van der Waals surface area contributed by atoms with Crippen molar-refractivity contribution in [3.8, 4) is 0 Å². The van der Waals surface area contributed by atoms with Crippen LogP contribution in [0.15, 0.2) is 23.8 Å². The summed E-state index contributed by atoms with van der Waals surface area (Å²) in [4.78, 5) is 0. The average Bonchev–Trinajstić information content (AvgIpc) is 2.69. The zero-order valence-corrected chi connectivity index (χ0v) is 10.4. The van der Waals surface area contributed by atoms with Gasteiger partial charge in [0.1, 0.15) is 0 Å². The lowest BCUT2D eigenvalue weighted by Gasteiger charge is -2.34. The summed E-state index contributed by atoms with van der Waals surface area (Å²) in [5.41, 5.74) is 3.18. The predicted molar refractivity (Wildman–Crippen MR) is 69.2 cm³/mol. The molecule has 0 N–H and O–H groups in total. The molecule has 88 valence electrons. The van der Waals surface area contributed by atoms with E-state index in [1.165, 1.54) is 57.8 Å². The summed E-state index contributed by atoms with van der Waals surface area (Å²) >= 11 is 0. The molecule has 0 heterocycles. The molecule has 0 aromatic heterocycles. The second-order valence-electron chi connectivity index (χ2n) is 6.05. The minimum absolute atomic E-state index is 0.873. The Kier molecular flexibility index (Phi) is 2.91. The quantitative estimate of drug-likeness (QED) is 0.542. The number of hydrogen-bond acceptors (Lipinski definition) is 0. The highest BCUT2D eigenvalue weighted by molar-refractivity contribution is 5.35. The Morgan fingerprint density at radius 2 is 1.75 bits per heavy atom. The lowest BCUT2D eigenvalue weighted by Crippen LogP contribution is -2.23. The molecule has 2 bridgehead atoms. The molecule has 0 nitrogen and oxygen atoms in total. The molecule has 3 rings (SSSR count). The van der Waals surface area contributed by atoms with Crippen LogP contribution >= 0.6 is 0 Å². The van der Waals surface area contributed by atoms with Crippen molar-refractivity contribution in [3.63, 3.8) is 0 Å². The summed E-state index contributed by atoms with van der Waals surface area (Å²) in [5, 5.41) is 0. The Labute approximate surface area is 99.8 Å². The maximum Gasteiger partial charge on any atom is -0.0108 e. The van der Waals surface area contributed by atoms with Crippen molar-refractivity contribution in [1.29, 1.82) is 0 Å². The smallest absolute Gasteiger partial charge is 0.0108 e. The third-order valence-corrected chi connectivity index (χ3v) is 5.19. The molecule has 0 radical (unpaired) electrons. The van der Waals surface area contributed by atoms with Crippen molar-refractivity contribution in [1.82, 2.24) is 0 Å². The van der Waals surface area contributed by atoms with Crippen molar-refractivity contribution in [2.75, 3.05) is 0 Å². The maximum absolute atomic E-state index is 4.45. The van der Waals surface area contributed by atoms with Crippen LogP contribution in [-0.4, -0.2) is 0 Å². The van der Waals surface area contributed by atoms with Crippen LogP contribution in [0.3, 0.4) is 0 Å². The first-order chi connectivity index (χ1) is 7.86. The molecule has 0 spiro atoms. The van der Waals surface area contributed by atoms with E-state index < -0.39 is 0 Å². The molecule has 0 amide bonds. The van der Waals surface area contributed by atoms with Gasteiger partial charge in [-0.3, -0.25) is 0 Å². The average molecular weight is 216 g/mol. The fourth-order valence-corrected chi connectivity index (χ4v) is 4.34. The van der Waals surface area contributed by atoms with Crippen LogP contribution in [0.5, 0.6) is 0 Å². The highest BCUT2D eigenvalue weighted by Gasteiger charge is 2.40. The fourth-order valence-electron chi connectivity index (χ4n) is 4.34. The van der Waals surface area contributed by atoms with Gasteiger partial charge in [0, 0.05) is 0 Å². The number of rotatable bonds is 0. The van der Waals surface area contributed by atoms with Gasteiger partial charge >= 0.3 is 0 Å². The van der Waals surface area contributed by atoms with Gasteiger partial charge in [-0.1, -0.05) is 25.5 Å². The molecule has 0 heteroatoms. The van der Waals surface area contributed by atoms with Gasteiger partial charge in [-0.2, -0.15) is 0 Å². The van der Waals surface area contributed by atoms with E-state index in [4.69, 9.17) is 0 Å². The van der Waals surface area contributed by atoms with Crippen LogP contribution in [0.1, 0.15) is 57.8 Å². The second-order valence-corrected chi connectivity index (χ2v) is 6.05. The Morgan fingerprint density at radius 1 is 0.938 bits per heavy atom. The molecule has 0 aliphatic heterocycles. The van der Waals surface area contributed by atoms with Crippen molar-refractivity contribution in [2.24, 2.45) is 17.8 Å². The van der Waals surface area contributed by atoms with E-state index in [0.717, 1.165) is 17.8 Å². The van der Waals surface area contributed by atoms with E-state index in [2.05, 4.69) is 12.7 Å². The van der Waals surface area contributed by atoms with E-state index in [1.807, 2.05) is 0 Å². The normalized spacial score (nSPS) is 42.6. The van der Waals surface area contributed by atoms with E-state index in [-0.39, 0.29) is 0 Å². The summed E-state index contributed by atoms with van der Waals surface area (Å²) in [6.45, 7) is 4.45. The van der Waals surface area contributed by atoms with E-state index in [1.54, 1.807) is 11.1 Å². The summed E-state index contributed by atoms with van der Waals surface area (Å²) in [7, 11) is 0. The van der Waals surface area contributed by atoms with Gasteiger partial charge in [0.15, 0.2) is 0 Å². The molecule has 2 saturated carbocycles. The van der Waals surface area contributed by atoms with E-state index in [9.17, 15) is 0 Å². The van der Waals surface area contributed by atoms with Crippen molar-refractivity contribution < 1.29 is 0 Å². The monoisotopic (exact) mass is 216 g/mol. The number of hydrogen-bond donors (Lipinski definition) is 0. The molecule has 0 aromatic carbocycles. The van der Waals surface area contributed by atoms with E-state index >= 15 is 0 Å². The first kappa shape index (κ1) is 10.6. The van der Waals surface area contributed by atoms with Gasteiger partial charge in [-0.25, -0.2) is 0 Å². The molecule has 3 atom stereocenters. The molecule has 3 aliphatic rings. The summed E-state index contributed by atoms with van der Waals surface area (Å²) in [6.07, 6.45) is 15.4. The van der Waals surface area contributed by atoms with Gasteiger partial charge in [0.25, 0.3) is 0 Å². The number of allylic oxidation sites excluding steroid dienone is 3. The van der Waals surface area contributed by atoms with Crippen LogP contribution < -0.4 is 0 Å². The minimum Gasteiger partial charge on any atom is -0.0953 e. The predicted octanol–water partition coefficient (Wildman–Crippen LogP) is 4.87. The summed E-state index contributed by atoms with van der Waals surface area (Å²) < 4.78 is 0. The SMILES string of the molecule is C=C1/C2=C\CCCCCC3CCC(CC2)C13. The molecular formula is C16H24. The van der Waals surface area contributed by atoms with Gasteiger partial charge in [-0.15, -0.1) is 0 Å². The minimum atomic E-state index is 0.873. The highest BCUT2D eigenvalue weighted by atomic mass is 14.4. The molecule has 0 aromatic rings. The first-order valence-electron chi connectivity index (χ1n) is 7.24. The van der Waals surface area contributed by atoms with Gasteiger partial charge in [0.2, 0.25) is 0 Å². The standard InChI is InChI=1S/C16H24/c1-12-13-6-4-2-3-5-7-14-10-11-15(9-8-13)16(12)14/h6,14-16H,1-5,7-11H2/b13-6-. The molecule has 3 unspecified atom stereocenters. The van der Waals surface area contributed by atoms with Crippen molar-refractivity contribution >= 4 is 0 Å². The van der Waals surface area contributed by atoms with Crippen LogP contribution in [-0.2, 0) is 0 Å². The Hall–Kier alpha value is -0.520. The highest BCUT2D eigenvalue weighted by Crippen LogP contribution is 2.51. The zero-order chi connectivity index (χ0) is 11.0. The molecule has 0 saturated heterocycles. The Bertz CT molecular complexity index is 310. The van der Waals surface area contributed by atoms with Gasteiger partial charge in [-0.05, 0) is 73.8 Å². The zero-order valence-electron chi connectivity index (χ0n) is 10.4.